The largest absolute Gasteiger partial charge is 0.341 e. The van der Waals surface area contributed by atoms with Crippen molar-refractivity contribution in [3.8, 4) is 6.07 Å². The van der Waals surface area contributed by atoms with Gasteiger partial charge in [-0.2, -0.15) is 5.26 Å². The summed E-state index contributed by atoms with van der Waals surface area (Å²) < 4.78 is 0. The van der Waals surface area contributed by atoms with Gasteiger partial charge in [0.25, 0.3) is 5.91 Å². The quantitative estimate of drug-likeness (QED) is 0.784. The van der Waals surface area contributed by atoms with E-state index in [2.05, 4.69) is 20.8 Å². The summed E-state index contributed by atoms with van der Waals surface area (Å²) in [4.78, 5) is 13.8. The molecule has 0 spiro atoms. The van der Waals surface area contributed by atoms with Gasteiger partial charge in [0.15, 0.2) is 0 Å². The van der Waals surface area contributed by atoms with Crippen molar-refractivity contribution in [3.05, 3.63) is 35.4 Å². The fourth-order valence-corrected chi connectivity index (χ4v) is 1.69. The lowest BCUT2D eigenvalue weighted by molar-refractivity contribution is 0.0745. The summed E-state index contributed by atoms with van der Waals surface area (Å²) >= 11 is 0. The molecule has 1 amide bonds. The third-order valence-corrected chi connectivity index (χ3v) is 2.32. The second-order valence-electron chi connectivity index (χ2n) is 5.41. The molecule has 1 rings (SSSR count). The van der Waals surface area contributed by atoms with Crippen LogP contribution >= 0.6 is 0 Å². The van der Waals surface area contributed by atoms with Crippen LogP contribution in [-0.2, 0) is 0 Å². The molecule has 0 radical (unpaired) electrons. The first-order chi connectivity index (χ1) is 7.83. The Bertz CT molecular complexity index is 435. The van der Waals surface area contributed by atoms with Crippen LogP contribution in [0.1, 0.15) is 36.7 Å². The number of carbonyl (C=O) groups is 1. The molecule has 3 nitrogen and oxygen atoms in total. The molecular weight excluding hydrogens is 212 g/mol. The van der Waals surface area contributed by atoms with Gasteiger partial charge in [-0.25, -0.2) is 0 Å². The van der Waals surface area contributed by atoms with Gasteiger partial charge in [-0.1, -0.05) is 20.8 Å². The van der Waals surface area contributed by atoms with Crippen molar-refractivity contribution in [2.75, 3.05) is 13.6 Å². The molecule has 0 fully saturated rings. The molecule has 3 heteroatoms. The average molecular weight is 230 g/mol. The maximum absolute atomic E-state index is 12.1. The van der Waals surface area contributed by atoms with Crippen LogP contribution in [0.5, 0.6) is 0 Å². The summed E-state index contributed by atoms with van der Waals surface area (Å²) in [5, 5.41) is 8.68. The Kier molecular flexibility index (Phi) is 3.90. The lowest BCUT2D eigenvalue weighted by atomic mass is 9.96. The van der Waals surface area contributed by atoms with Crippen LogP contribution in [0.25, 0.3) is 0 Å². The Hall–Kier alpha value is -1.82. The number of nitrogens with zero attached hydrogens (tertiary/aromatic N) is 2. The molecule has 90 valence electrons. The zero-order valence-corrected chi connectivity index (χ0v) is 10.8. The smallest absolute Gasteiger partial charge is 0.253 e. The highest BCUT2D eigenvalue weighted by Crippen LogP contribution is 2.16. The first-order valence-corrected chi connectivity index (χ1v) is 5.59. The first-order valence-electron chi connectivity index (χ1n) is 5.59. The SMILES string of the molecule is CN(CC(C)(C)C)C(=O)c1ccc(C#N)cc1. The van der Waals surface area contributed by atoms with Crippen molar-refractivity contribution in [1.82, 2.24) is 4.90 Å². The van der Waals surface area contributed by atoms with E-state index in [0.29, 0.717) is 17.7 Å². The zero-order valence-electron chi connectivity index (χ0n) is 10.8. The van der Waals surface area contributed by atoms with Gasteiger partial charge in [-0.15, -0.1) is 0 Å². The molecule has 0 aromatic heterocycles. The van der Waals surface area contributed by atoms with Gasteiger partial charge in [0, 0.05) is 19.2 Å². The molecule has 0 unspecified atom stereocenters. The van der Waals surface area contributed by atoms with Gasteiger partial charge in [0.2, 0.25) is 0 Å². The molecule has 0 N–H and O–H groups in total. The number of amides is 1. The third kappa shape index (κ3) is 3.92. The van der Waals surface area contributed by atoms with Gasteiger partial charge >= 0.3 is 0 Å². The molecule has 1 aromatic carbocycles. The summed E-state index contributed by atoms with van der Waals surface area (Å²) in [6.45, 7) is 6.98. The number of rotatable bonds is 2. The van der Waals surface area contributed by atoms with Crippen LogP contribution in [0.3, 0.4) is 0 Å². The van der Waals surface area contributed by atoms with Crippen molar-refractivity contribution in [1.29, 1.82) is 5.26 Å². The third-order valence-electron chi connectivity index (χ3n) is 2.32. The predicted octanol–water partition coefficient (Wildman–Crippen LogP) is 2.68. The van der Waals surface area contributed by atoms with Gasteiger partial charge in [0.1, 0.15) is 0 Å². The molecule has 1 aromatic rings. The van der Waals surface area contributed by atoms with Gasteiger partial charge < -0.3 is 4.90 Å². The fourth-order valence-electron chi connectivity index (χ4n) is 1.69. The number of nitriles is 1. The normalized spacial score (nSPS) is 10.8. The number of hydrogen-bond donors (Lipinski definition) is 0. The second kappa shape index (κ2) is 5.01. The monoisotopic (exact) mass is 230 g/mol. The molecule has 0 atom stereocenters. The van der Waals surface area contributed by atoms with Crippen molar-refractivity contribution < 1.29 is 4.79 Å². The average Bonchev–Trinajstić information content (AvgIpc) is 2.26. The summed E-state index contributed by atoms with van der Waals surface area (Å²) in [5.41, 5.74) is 1.27. The van der Waals surface area contributed by atoms with E-state index in [4.69, 9.17) is 5.26 Å². The molecule has 0 bridgehead atoms. The first kappa shape index (κ1) is 13.2. The Morgan fingerprint density at radius 1 is 1.29 bits per heavy atom. The minimum atomic E-state index is -0.00980. The van der Waals surface area contributed by atoms with Crippen LogP contribution in [0.2, 0.25) is 0 Å². The predicted molar refractivity (Wildman–Crippen MR) is 67.6 cm³/mol. The maximum Gasteiger partial charge on any atom is 0.253 e. The molecular formula is C14H18N2O. The van der Waals surface area contributed by atoms with Crippen molar-refractivity contribution in [2.45, 2.75) is 20.8 Å². The summed E-state index contributed by atoms with van der Waals surface area (Å²) in [6.07, 6.45) is 0. The number of benzene rings is 1. The molecule has 0 aliphatic heterocycles. The fraction of sp³-hybridized carbons (Fsp3) is 0.429. The van der Waals surface area contributed by atoms with Crippen LogP contribution in [0.4, 0.5) is 0 Å². The van der Waals surface area contributed by atoms with E-state index < -0.39 is 0 Å². The topological polar surface area (TPSA) is 44.1 Å². The molecule has 0 aliphatic carbocycles. The molecule has 0 saturated heterocycles. The van der Waals surface area contributed by atoms with Gasteiger partial charge in [-0.05, 0) is 29.7 Å². The van der Waals surface area contributed by atoms with Gasteiger partial charge in [0.05, 0.1) is 11.6 Å². The van der Waals surface area contributed by atoms with E-state index >= 15 is 0 Å². The summed E-state index contributed by atoms with van der Waals surface area (Å²) in [5.74, 6) is -0.00980. The van der Waals surface area contributed by atoms with E-state index in [1.807, 2.05) is 6.07 Å². The Balaban J connectivity index is 2.79. The minimum Gasteiger partial charge on any atom is -0.341 e. The summed E-state index contributed by atoms with van der Waals surface area (Å²) in [7, 11) is 1.80. The molecule has 0 heterocycles. The Morgan fingerprint density at radius 3 is 2.24 bits per heavy atom. The van der Waals surface area contributed by atoms with E-state index in [1.165, 1.54) is 0 Å². The maximum atomic E-state index is 12.1. The van der Waals surface area contributed by atoms with Gasteiger partial charge in [-0.3, -0.25) is 4.79 Å². The van der Waals surface area contributed by atoms with Crippen LogP contribution in [-0.4, -0.2) is 24.4 Å². The van der Waals surface area contributed by atoms with Crippen molar-refractivity contribution >= 4 is 5.91 Å². The molecule has 0 aliphatic rings. The minimum absolute atomic E-state index is 0.00980. The standard InChI is InChI=1S/C14H18N2O/c1-14(2,3)10-16(4)13(17)12-7-5-11(9-15)6-8-12/h5-8H,10H2,1-4H3. The number of hydrogen-bond acceptors (Lipinski definition) is 2. The van der Waals surface area contributed by atoms with Crippen LogP contribution < -0.4 is 0 Å². The van der Waals surface area contributed by atoms with E-state index in [-0.39, 0.29) is 11.3 Å². The highest BCUT2D eigenvalue weighted by atomic mass is 16.2. The van der Waals surface area contributed by atoms with E-state index in [9.17, 15) is 4.79 Å². The van der Waals surface area contributed by atoms with Crippen LogP contribution in [0.15, 0.2) is 24.3 Å². The second-order valence-corrected chi connectivity index (χ2v) is 5.41. The van der Waals surface area contributed by atoms with Crippen LogP contribution in [0, 0.1) is 16.7 Å². The van der Waals surface area contributed by atoms with Crippen molar-refractivity contribution in [2.24, 2.45) is 5.41 Å². The zero-order chi connectivity index (χ0) is 13.1. The van der Waals surface area contributed by atoms with E-state index in [1.54, 1.807) is 36.2 Å². The van der Waals surface area contributed by atoms with Crippen molar-refractivity contribution in [3.63, 3.8) is 0 Å². The lowest BCUT2D eigenvalue weighted by Crippen LogP contribution is -2.34. The molecule has 17 heavy (non-hydrogen) atoms. The summed E-state index contributed by atoms with van der Waals surface area (Å²) in [6, 6.07) is 8.75. The van der Waals surface area contributed by atoms with E-state index in [0.717, 1.165) is 0 Å². The lowest BCUT2D eigenvalue weighted by Gasteiger charge is -2.26. The number of carbonyl (C=O) groups excluding carboxylic acids is 1. The highest BCUT2D eigenvalue weighted by Gasteiger charge is 2.18. The molecule has 0 saturated carbocycles. The highest BCUT2D eigenvalue weighted by molar-refractivity contribution is 5.94. The Morgan fingerprint density at radius 2 is 1.82 bits per heavy atom. The Labute approximate surface area is 103 Å².